The lowest BCUT2D eigenvalue weighted by Crippen LogP contribution is -2.47. The molecule has 1 aliphatic heterocycles. The lowest BCUT2D eigenvalue weighted by atomic mass is 10.00. The summed E-state index contributed by atoms with van der Waals surface area (Å²) < 4.78 is 0.236. The van der Waals surface area contributed by atoms with Crippen LogP contribution < -0.4 is 10.6 Å². The molecule has 1 heterocycles. The molecule has 1 aliphatic carbocycles. The number of thioether (sulfide) groups is 1. The van der Waals surface area contributed by atoms with Gasteiger partial charge in [-0.15, -0.1) is 11.8 Å². The van der Waals surface area contributed by atoms with Crippen molar-refractivity contribution in [3.63, 3.8) is 0 Å². The first-order valence-corrected chi connectivity index (χ1v) is 11.0. The Morgan fingerprint density at radius 2 is 1.79 bits per heavy atom. The number of nitrogens with zero attached hydrogens (tertiary/aromatic N) is 2. The molecule has 2 aromatic carbocycles. The Hall–Kier alpha value is -2.47. The van der Waals surface area contributed by atoms with E-state index in [-0.39, 0.29) is 17.2 Å². The monoisotopic (exact) mass is 408 g/mol. The zero-order chi connectivity index (χ0) is 20.1. The van der Waals surface area contributed by atoms with Crippen LogP contribution in [0.1, 0.15) is 24.0 Å². The van der Waals surface area contributed by atoms with E-state index >= 15 is 0 Å². The quantitative estimate of drug-likeness (QED) is 0.570. The SMILES string of the molecule is CN=C(NCC(=O)N1CCc2ccccc2C1)NCC1(Sc2ccccc2)CC1. The van der Waals surface area contributed by atoms with Crippen molar-refractivity contribution in [2.45, 2.75) is 35.4 Å². The lowest BCUT2D eigenvalue weighted by Gasteiger charge is -2.29. The van der Waals surface area contributed by atoms with E-state index in [1.807, 2.05) is 28.8 Å². The van der Waals surface area contributed by atoms with Gasteiger partial charge in [0.2, 0.25) is 5.91 Å². The highest BCUT2D eigenvalue weighted by Gasteiger charge is 2.43. The Kier molecular flexibility index (Phi) is 6.09. The summed E-state index contributed by atoms with van der Waals surface area (Å²) in [6, 6.07) is 18.9. The summed E-state index contributed by atoms with van der Waals surface area (Å²) in [5, 5.41) is 6.61. The molecule has 0 aromatic heterocycles. The van der Waals surface area contributed by atoms with Crippen LogP contribution in [-0.2, 0) is 17.8 Å². The molecule has 2 N–H and O–H groups in total. The molecular weight excluding hydrogens is 380 g/mol. The average Bonchev–Trinajstić information content (AvgIpc) is 3.53. The molecule has 5 nitrogen and oxygen atoms in total. The molecule has 0 bridgehead atoms. The first kappa shape index (κ1) is 19.8. The summed E-state index contributed by atoms with van der Waals surface area (Å²) in [6.45, 7) is 2.58. The lowest BCUT2D eigenvalue weighted by molar-refractivity contribution is -0.130. The molecule has 1 amide bonds. The predicted octanol–water partition coefficient (Wildman–Crippen LogP) is 3.06. The van der Waals surface area contributed by atoms with Crippen LogP contribution in [0.4, 0.5) is 0 Å². The van der Waals surface area contributed by atoms with Crippen LogP contribution in [0.2, 0.25) is 0 Å². The van der Waals surface area contributed by atoms with Gasteiger partial charge >= 0.3 is 0 Å². The smallest absolute Gasteiger partial charge is 0.242 e. The van der Waals surface area contributed by atoms with E-state index in [1.54, 1.807) is 7.05 Å². The van der Waals surface area contributed by atoms with Gasteiger partial charge in [0.1, 0.15) is 0 Å². The van der Waals surface area contributed by atoms with Crippen molar-refractivity contribution in [3.05, 3.63) is 65.7 Å². The summed E-state index contributed by atoms with van der Waals surface area (Å²) in [7, 11) is 1.75. The Morgan fingerprint density at radius 3 is 2.52 bits per heavy atom. The zero-order valence-electron chi connectivity index (χ0n) is 16.9. The Bertz CT molecular complexity index is 879. The van der Waals surface area contributed by atoms with Gasteiger partial charge in [-0.2, -0.15) is 0 Å². The van der Waals surface area contributed by atoms with Gasteiger partial charge in [0.25, 0.3) is 0 Å². The van der Waals surface area contributed by atoms with E-state index in [0.717, 1.165) is 19.5 Å². The molecule has 1 fully saturated rings. The number of rotatable bonds is 6. The van der Waals surface area contributed by atoms with Gasteiger partial charge in [-0.25, -0.2) is 0 Å². The van der Waals surface area contributed by atoms with Gasteiger partial charge in [0.05, 0.1) is 6.54 Å². The van der Waals surface area contributed by atoms with E-state index in [0.29, 0.717) is 12.5 Å². The minimum absolute atomic E-state index is 0.113. The molecule has 1 saturated carbocycles. The number of fused-ring (bicyclic) bond motifs is 1. The minimum atomic E-state index is 0.113. The number of guanidine groups is 1. The topological polar surface area (TPSA) is 56.7 Å². The fourth-order valence-electron chi connectivity index (χ4n) is 3.64. The summed E-state index contributed by atoms with van der Waals surface area (Å²) in [6.07, 6.45) is 3.32. The molecular formula is C23H28N4OS. The van der Waals surface area contributed by atoms with Crippen LogP contribution >= 0.6 is 11.8 Å². The van der Waals surface area contributed by atoms with E-state index in [2.05, 4.69) is 58.1 Å². The number of amides is 1. The molecule has 0 spiro atoms. The Labute approximate surface area is 177 Å². The third kappa shape index (κ3) is 5.12. The summed E-state index contributed by atoms with van der Waals surface area (Å²) in [5.41, 5.74) is 2.61. The molecule has 0 radical (unpaired) electrons. The Morgan fingerprint density at radius 1 is 1.07 bits per heavy atom. The second-order valence-corrected chi connectivity index (χ2v) is 9.25. The normalized spacial score (nSPS) is 17.4. The van der Waals surface area contributed by atoms with Gasteiger partial charge in [-0.05, 0) is 42.5 Å². The molecule has 2 aliphatic rings. The number of carbonyl (C=O) groups excluding carboxylic acids is 1. The van der Waals surface area contributed by atoms with Gasteiger partial charge in [0.15, 0.2) is 5.96 Å². The molecule has 6 heteroatoms. The minimum Gasteiger partial charge on any atom is -0.355 e. The van der Waals surface area contributed by atoms with Crippen LogP contribution in [-0.4, -0.2) is 48.2 Å². The Balaban J connectivity index is 1.24. The number of hydrogen-bond donors (Lipinski definition) is 2. The third-order valence-electron chi connectivity index (χ3n) is 5.58. The zero-order valence-corrected chi connectivity index (χ0v) is 17.7. The van der Waals surface area contributed by atoms with Gasteiger partial charge in [-0.1, -0.05) is 42.5 Å². The van der Waals surface area contributed by atoms with Crippen molar-refractivity contribution in [2.75, 3.05) is 26.7 Å². The highest BCUT2D eigenvalue weighted by molar-refractivity contribution is 8.01. The second-order valence-electron chi connectivity index (χ2n) is 7.71. The van der Waals surface area contributed by atoms with Gasteiger partial charge in [0, 0.05) is 36.3 Å². The average molecular weight is 409 g/mol. The molecule has 0 atom stereocenters. The van der Waals surface area contributed by atoms with Crippen molar-refractivity contribution in [3.8, 4) is 0 Å². The van der Waals surface area contributed by atoms with E-state index in [1.165, 1.54) is 28.9 Å². The van der Waals surface area contributed by atoms with Crippen LogP contribution in [0, 0.1) is 0 Å². The number of carbonyl (C=O) groups is 1. The first-order chi connectivity index (χ1) is 14.2. The number of nitrogens with one attached hydrogen (secondary N) is 2. The number of hydrogen-bond acceptors (Lipinski definition) is 3. The van der Waals surface area contributed by atoms with Crippen molar-refractivity contribution < 1.29 is 4.79 Å². The van der Waals surface area contributed by atoms with E-state index in [4.69, 9.17) is 0 Å². The maximum Gasteiger partial charge on any atom is 0.242 e. The van der Waals surface area contributed by atoms with Gasteiger partial charge in [-0.3, -0.25) is 9.79 Å². The highest BCUT2D eigenvalue weighted by atomic mass is 32.2. The summed E-state index contributed by atoms with van der Waals surface area (Å²) in [5.74, 6) is 0.804. The van der Waals surface area contributed by atoms with E-state index < -0.39 is 0 Å². The summed E-state index contributed by atoms with van der Waals surface area (Å²) in [4.78, 5) is 20.2. The number of aliphatic imine (C=N–C) groups is 1. The van der Waals surface area contributed by atoms with Gasteiger partial charge < -0.3 is 15.5 Å². The van der Waals surface area contributed by atoms with Crippen molar-refractivity contribution in [1.82, 2.24) is 15.5 Å². The fraction of sp³-hybridized carbons (Fsp3) is 0.391. The van der Waals surface area contributed by atoms with Crippen LogP contribution in [0.5, 0.6) is 0 Å². The standard InChI is InChI=1S/C23H28N4OS/c1-24-22(26-17-23(12-13-23)29-20-9-3-2-4-10-20)25-15-21(28)27-14-11-18-7-5-6-8-19(18)16-27/h2-10H,11-17H2,1H3,(H2,24,25,26). The highest BCUT2D eigenvalue weighted by Crippen LogP contribution is 2.51. The summed E-state index contributed by atoms with van der Waals surface area (Å²) >= 11 is 1.93. The van der Waals surface area contributed by atoms with Crippen molar-refractivity contribution in [1.29, 1.82) is 0 Å². The largest absolute Gasteiger partial charge is 0.355 e. The second kappa shape index (κ2) is 8.91. The van der Waals surface area contributed by atoms with Crippen LogP contribution in [0.15, 0.2) is 64.5 Å². The predicted molar refractivity (Wildman–Crippen MR) is 119 cm³/mol. The molecule has 0 unspecified atom stereocenters. The third-order valence-corrected chi connectivity index (χ3v) is 7.07. The maximum absolute atomic E-state index is 12.7. The number of benzene rings is 2. The van der Waals surface area contributed by atoms with Crippen LogP contribution in [0.3, 0.4) is 0 Å². The fourth-order valence-corrected chi connectivity index (χ4v) is 4.88. The first-order valence-electron chi connectivity index (χ1n) is 10.2. The molecule has 29 heavy (non-hydrogen) atoms. The van der Waals surface area contributed by atoms with Crippen molar-refractivity contribution >= 4 is 23.6 Å². The molecule has 152 valence electrons. The molecule has 4 rings (SSSR count). The van der Waals surface area contributed by atoms with Crippen LogP contribution in [0.25, 0.3) is 0 Å². The molecule has 0 saturated heterocycles. The van der Waals surface area contributed by atoms with E-state index in [9.17, 15) is 4.79 Å². The molecule has 2 aromatic rings. The maximum atomic E-state index is 12.7. The van der Waals surface area contributed by atoms with Crippen molar-refractivity contribution in [2.24, 2.45) is 4.99 Å².